The highest BCUT2D eigenvalue weighted by atomic mass is 19.1. The lowest BCUT2D eigenvalue weighted by Crippen LogP contribution is -2.37. The van der Waals surface area contributed by atoms with Gasteiger partial charge in [-0.3, -0.25) is 4.79 Å². The molecule has 1 rings (SSSR count). The van der Waals surface area contributed by atoms with E-state index in [2.05, 4.69) is 10.6 Å². The second-order valence-corrected chi connectivity index (χ2v) is 4.61. The van der Waals surface area contributed by atoms with Gasteiger partial charge >= 0.3 is 0 Å². The molecule has 112 valence electrons. The van der Waals surface area contributed by atoms with Crippen molar-refractivity contribution in [3.05, 3.63) is 29.6 Å². The molecular formula is C15H24FN3O. The van der Waals surface area contributed by atoms with E-state index in [1.807, 2.05) is 24.8 Å². The fourth-order valence-corrected chi connectivity index (χ4v) is 2.08. The van der Waals surface area contributed by atoms with Gasteiger partial charge in [-0.2, -0.15) is 0 Å². The van der Waals surface area contributed by atoms with E-state index in [9.17, 15) is 9.18 Å². The van der Waals surface area contributed by atoms with Crippen molar-refractivity contribution in [1.82, 2.24) is 10.6 Å². The van der Waals surface area contributed by atoms with E-state index in [4.69, 9.17) is 0 Å². The SMILES string of the molecule is CCCN(CC(=O)NC)c1cccc(F)c1CNCC. The third-order valence-corrected chi connectivity index (χ3v) is 3.09. The van der Waals surface area contributed by atoms with Crippen molar-refractivity contribution >= 4 is 11.6 Å². The van der Waals surface area contributed by atoms with Crippen LogP contribution in [0.1, 0.15) is 25.8 Å². The first-order chi connectivity index (χ1) is 9.63. The molecule has 0 spiro atoms. The first-order valence-electron chi connectivity index (χ1n) is 7.07. The molecular weight excluding hydrogens is 257 g/mol. The monoisotopic (exact) mass is 281 g/mol. The molecule has 1 amide bonds. The van der Waals surface area contributed by atoms with Gasteiger partial charge in [0.2, 0.25) is 5.91 Å². The normalized spacial score (nSPS) is 10.4. The standard InChI is InChI=1S/C15H24FN3O/c1-4-9-19(11-15(20)17-3)14-8-6-7-13(16)12(14)10-18-5-2/h6-8,18H,4-5,9-11H2,1-3H3,(H,17,20). The minimum absolute atomic E-state index is 0.0721. The number of benzene rings is 1. The Morgan fingerprint density at radius 2 is 2.10 bits per heavy atom. The second-order valence-electron chi connectivity index (χ2n) is 4.61. The van der Waals surface area contributed by atoms with Crippen LogP contribution in [-0.2, 0) is 11.3 Å². The number of anilines is 1. The van der Waals surface area contributed by atoms with E-state index in [0.29, 0.717) is 12.1 Å². The highest BCUT2D eigenvalue weighted by molar-refractivity contribution is 5.81. The smallest absolute Gasteiger partial charge is 0.239 e. The molecule has 0 atom stereocenters. The predicted octanol–water partition coefficient (Wildman–Crippen LogP) is 1.90. The van der Waals surface area contributed by atoms with Gasteiger partial charge in [0.25, 0.3) is 0 Å². The lowest BCUT2D eigenvalue weighted by molar-refractivity contribution is -0.119. The van der Waals surface area contributed by atoms with Crippen LogP contribution in [0.25, 0.3) is 0 Å². The van der Waals surface area contributed by atoms with E-state index in [1.54, 1.807) is 13.1 Å². The van der Waals surface area contributed by atoms with Gasteiger partial charge in [0.05, 0.1) is 6.54 Å². The van der Waals surface area contributed by atoms with Crippen LogP contribution in [-0.4, -0.2) is 32.6 Å². The Bertz CT molecular complexity index is 437. The molecule has 0 aliphatic carbocycles. The van der Waals surface area contributed by atoms with E-state index >= 15 is 0 Å². The van der Waals surface area contributed by atoms with Crippen LogP contribution in [0.2, 0.25) is 0 Å². The van der Waals surface area contributed by atoms with E-state index in [1.165, 1.54) is 6.07 Å². The number of halogens is 1. The third-order valence-electron chi connectivity index (χ3n) is 3.09. The summed E-state index contributed by atoms with van der Waals surface area (Å²) in [4.78, 5) is 13.5. The number of nitrogens with zero attached hydrogens (tertiary/aromatic N) is 1. The maximum Gasteiger partial charge on any atom is 0.239 e. The minimum Gasteiger partial charge on any atom is -0.362 e. The molecule has 2 N–H and O–H groups in total. The van der Waals surface area contributed by atoms with Gasteiger partial charge < -0.3 is 15.5 Å². The summed E-state index contributed by atoms with van der Waals surface area (Å²) >= 11 is 0. The lowest BCUT2D eigenvalue weighted by atomic mass is 10.1. The summed E-state index contributed by atoms with van der Waals surface area (Å²) in [5.41, 5.74) is 1.41. The van der Waals surface area contributed by atoms with Crippen LogP contribution in [0, 0.1) is 5.82 Å². The van der Waals surface area contributed by atoms with Gasteiger partial charge in [-0.15, -0.1) is 0 Å². The topological polar surface area (TPSA) is 44.4 Å². The zero-order chi connectivity index (χ0) is 15.0. The molecule has 0 aliphatic heterocycles. The molecule has 0 bridgehead atoms. The van der Waals surface area contributed by atoms with E-state index in [0.717, 1.165) is 25.2 Å². The molecule has 4 nitrogen and oxygen atoms in total. The maximum absolute atomic E-state index is 14.0. The number of hydrogen-bond acceptors (Lipinski definition) is 3. The number of rotatable bonds is 8. The zero-order valence-electron chi connectivity index (χ0n) is 12.5. The predicted molar refractivity (Wildman–Crippen MR) is 80.4 cm³/mol. The van der Waals surface area contributed by atoms with Gasteiger partial charge in [-0.05, 0) is 25.1 Å². The lowest BCUT2D eigenvalue weighted by Gasteiger charge is -2.26. The quantitative estimate of drug-likeness (QED) is 0.765. The van der Waals surface area contributed by atoms with Crippen molar-refractivity contribution in [2.24, 2.45) is 0 Å². The summed E-state index contributed by atoms with van der Waals surface area (Å²) in [5, 5.41) is 5.75. The van der Waals surface area contributed by atoms with Crippen molar-refractivity contribution in [3.8, 4) is 0 Å². The Morgan fingerprint density at radius 1 is 1.35 bits per heavy atom. The molecule has 0 radical (unpaired) electrons. The Balaban J connectivity index is 3.04. The Hall–Kier alpha value is -1.62. The van der Waals surface area contributed by atoms with Gasteiger partial charge in [-0.25, -0.2) is 4.39 Å². The van der Waals surface area contributed by atoms with Gasteiger partial charge in [0, 0.05) is 31.4 Å². The second kappa shape index (κ2) is 8.53. The van der Waals surface area contributed by atoms with Crippen LogP contribution >= 0.6 is 0 Å². The van der Waals surface area contributed by atoms with Crippen molar-refractivity contribution in [2.75, 3.05) is 31.6 Å². The molecule has 5 heteroatoms. The van der Waals surface area contributed by atoms with Crippen molar-refractivity contribution < 1.29 is 9.18 Å². The molecule has 0 saturated heterocycles. The number of nitrogens with one attached hydrogen (secondary N) is 2. The van der Waals surface area contributed by atoms with Crippen molar-refractivity contribution in [3.63, 3.8) is 0 Å². The molecule has 0 aliphatic rings. The van der Waals surface area contributed by atoms with Gasteiger partial charge in [0.15, 0.2) is 0 Å². The highest BCUT2D eigenvalue weighted by Gasteiger charge is 2.16. The number of hydrogen-bond donors (Lipinski definition) is 2. The molecule has 0 heterocycles. The zero-order valence-corrected chi connectivity index (χ0v) is 12.5. The summed E-state index contributed by atoms with van der Waals surface area (Å²) < 4.78 is 14.0. The molecule has 0 aromatic heterocycles. The summed E-state index contributed by atoms with van der Waals surface area (Å²) in [6.07, 6.45) is 0.897. The Labute approximate surface area is 120 Å². The fourth-order valence-electron chi connectivity index (χ4n) is 2.08. The molecule has 0 fully saturated rings. The van der Waals surface area contributed by atoms with Crippen LogP contribution in [0.15, 0.2) is 18.2 Å². The average Bonchev–Trinajstić information content (AvgIpc) is 2.45. The summed E-state index contributed by atoms with van der Waals surface area (Å²) in [6, 6.07) is 5.02. The first-order valence-corrected chi connectivity index (χ1v) is 7.07. The van der Waals surface area contributed by atoms with E-state index in [-0.39, 0.29) is 18.3 Å². The minimum atomic E-state index is -0.235. The highest BCUT2D eigenvalue weighted by Crippen LogP contribution is 2.23. The third kappa shape index (κ3) is 4.49. The molecule has 1 aromatic rings. The van der Waals surface area contributed by atoms with Crippen LogP contribution in [0.3, 0.4) is 0 Å². The molecule has 1 aromatic carbocycles. The summed E-state index contributed by atoms with van der Waals surface area (Å²) in [5.74, 6) is -0.307. The van der Waals surface area contributed by atoms with Crippen molar-refractivity contribution in [1.29, 1.82) is 0 Å². The molecule has 0 saturated carbocycles. The number of carbonyl (C=O) groups excluding carboxylic acids is 1. The van der Waals surface area contributed by atoms with Gasteiger partial charge in [-0.1, -0.05) is 19.9 Å². The van der Waals surface area contributed by atoms with Crippen LogP contribution in [0.4, 0.5) is 10.1 Å². The largest absolute Gasteiger partial charge is 0.362 e. The van der Waals surface area contributed by atoms with E-state index < -0.39 is 0 Å². The Morgan fingerprint density at radius 3 is 2.70 bits per heavy atom. The van der Waals surface area contributed by atoms with Crippen LogP contribution in [0.5, 0.6) is 0 Å². The Kier molecular flexibility index (Phi) is 7.01. The molecule has 0 unspecified atom stereocenters. The fraction of sp³-hybridized carbons (Fsp3) is 0.533. The molecule has 20 heavy (non-hydrogen) atoms. The first kappa shape index (κ1) is 16.4. The summed E-state index contributed by atoms with van der Waals surface area (Å²) in [6.45, 7) is 6.22. The van der Waals surface area contributed by atoms with Gasteiger partial charge in [0.1, 0.15) is 5.82 Å². The van der Waals surface area contributed by atoms with Crippen molar-refractivity contribution in [2.45, 2.75) is 26.8 Å². The summed E-state index contributed by atoms with van der Waals surface area (Å²) in [7, 11) is 1.61. The maximum atomic E-state index is 14.0. The number of carbonyl (C=O) groups is 1. The number of likely N-dealkylation sites (N-methyl/N-ethyl adjacent to an activating group) is 1. The average molecular weight is 281 g/mol. The number of amides is 1. The van der Waals surface area contributed by atoms with Crippen LogP contribution < -0.4 is 15.5 Å².